The van der Waals surface area contributed by atoms with Gasteiger partial charge in [0.05, 0.1) is 38.3 Å². The van der Waals surface area contributed by atoms with Crippen molar-refractivity contribution < 1.29 is 14.3 Å². The van der Waals surface area contributed by atoms with Gasteiger partial charge in [-0.1, -0.05) is 0 Å². The zero-order valence-electron chi connectivity index (χ0n) is 15.6. The van der Waals surface area contributed by atoms with Crippen LogP contribution >= 0.6 is 0 Å². The molecule has 1 aromatic rings. The number of amides is 1. The molecule has 2 aliphatic rings. The standard InChI is InChI=1S/C19H26N4O3/c1-14(20-8-9-22-10-12-26-13-11-22)18-15(2)21-23(19(18)24)16-4-6-17(25-3)7-5-16/h4-7,18H,8-13H2,1-3H3/t18-/m1/s1. The molecule has 1 saturated heterocycles. The van der Waals surface area contributed by atoms with E-state index >= 15 is 0 Å². The van der Waals surface area contributed by atoms with E-state index in [-0.39, 0.29) is 11.8 Å². The molecule has 0 radical (unpaired) electrons. The number of aliphatic imine (C=N–C) groups is 1. The maximum absolute atomic E-state index is 12.8. The summed E-state index contributed by atoms with van der Waals surface area (Å²) in [6, 6.07) is 7.32. The van der Waals surface area contributed by atoms with Crippen LogP contribution in [0.25, 0.3) is 0 Å². The maximum Gasteiger partial charge on any atom is 0.261 e. The highest BCUT2D eigenvalue weighted by molar-refractivity contribution is 6.27. The minimum absolute atomic E-state index is 0.0553. The van der Waals surface area contributed by atoms with Crippen LogP contribution in [0.5, 0.6) is 5.75 Å². The van der Waals surface area contributed by atoms with Gasteiger partial charge in [-0.15, -0.1) is 0 Å². The minimum Gasteiger partial charge on any atom is -0.497 e. The Bertz CT molecular complexity index is 693. The number of methoxy groups -OCH3 is 1. The average Bonchev–Trinajstić information content (AvgIpc) is 2.97. The first-order valence-electron chi connectivity index (χ1n) is 8.94. The molecule has 3 rings (SSSR count). The number of carbonyl (C=O) groups excluding carboxylic acids is 1. The normalized spacial score (nSPS) is 21.9. The van der Waals surface area contributed by atoms with Gasteiger partial charge in [-0.2, -0.15) is 10.1 Å². The summed E-state index contributed by atoms with van der Waals surface area (Å²) in [5.74, 6) is 0.320. The summed E-state index contributed by atoms with van der Waals surface area (Å²) in [6.45, 7) is 8.83. The van der Waals surface area contributed by atoms with E-state index in [0.717, 1.165) is 55.7 Å². The van der Waals surface area contributed by atoms with Crippen molar-refractivity contribution in [2.75, 3.05) is 51.5 Å². The molecule has 0 aromatic heterocycles. The lowest BCUT2D eigenvalue weighted by Gasteiger charge is -2.25. The van der Waals surface area contributed by atoms with Crippen LogP contribution in [-0.2, 0) is 9.53 Å². The van der Waals surface area contributed by atoms with Crippen LogP contribution in [-0.4, -0.2) is 68.7 Å². The van der Waals surface area contributed by atoms with Crippen LogP contribution in [0.3, 0.4) is 0 Å². The zero-order chi connectivity index (χ0) is 18.5. The van der Waals surface area contributed by atoms with E-state index < -0.39 is 0 Å². The van der Waals surface area contributed by atoms with Gasteiger partial charge in [0.2, 0.25) is 0 Å². The summed E-state index contributed by atoms with van der Waals surface area (Å²) in [7, 11) is 1.62. The van der Waals surface area contributed by atoms with Crippen LogP contribution in [0.15, 0.2) is 34.4 Å². The van der Waals surface area contributed by atoms with Gasteiger partial charge in [0.15, 0.2) is 0 Å². The van der Waals surface area contributed by atoms with Crippen molar-refractivity contribution in [1.82, 2.24) is 4.90 Å². The quantitative estimate of drug-likeness (QED) is 0.728. The number of rotatable bonds is 6. The number of benzene rings is 1. The van der Waals surface area contributed by atoms with Crippen molar-refractivity contribution in [2.45, 2.75) is 13.8 Å². The predicted molar refractivity (Wildman–Crippen MR) is 102 cm³/mol. The van der Waals surface area contributed by atoms with E-state index in [1.807, 2.05) is 38.1 Å². The molecule has 7 heteroatoms. The molecule has 0 bridgehead atoms. The smallest absolute Gasteiger partial charge is 0.261 e. The van der Waals surface area contributed by atoms with E-state index in [4.69, 9.17) is 9.47 Å². The Kier molecular flexibility index (Phi) is 6.00. The van der Waals surface area contributed by atoms with Crippen LogP contribution in [0.4, 0.5) is 5.69 Å². The van der Waals surface area contributed by atoms with Crippen LogP contribution in [0, 0.1) is 5.92 Å². The highest BCUT2D eigenvalue weighted by atomic mass is 16.5. The third kappa shape index (κ3) is 4.11. The fraction of sp³-hybridized carbons (Fsp3) is 0.526. The second-order valence-corrected chi connectivity index (χ2v) is 6.50. The Morgan fingerprint density at radius 1 is 1.31 bits per heavy atom. The van der Waals surface area contributed by atoms with Gasteiger partial charge in [0.25, 0.3) is 5.91 Å². The Morgan fingerprint density at radius 3 is 2.65 bits per heavy atom. The van der Waals surface area contributed by atoms with E-state index in [1.165, 1.54) is 5.01 Å². The van der Waals surface area contributed by atoms with Gasteiger partial charge >= 0.3 is 0 Å². The van der Waals surface area contributed by atoms with Crippen LogP contribution in [0.2, 0.25) is 0 Å². The van der Waals surface area contributed by atoms with Crippen molar-refractivity contribution in [3.05, 3.63) is 24.3 Å². The van der Waals surface area contributed by atoms with E-state index in [2.05, 4.69) is 15.0 Å². The number of hydrogen-bond acceptors (Lipinski definition) is 6. The molecule has 7 nitrogen and oxygen atoms in total. The van der Waals surface area contributed by atoms with E-state index in [1.54, 1.807) is 7.11 Å². The van der Waals surface area contributed by atoms with Crippen molar-refractivity contribution in [3.63, 3.8) is 0 Å². The van der Waals surface area contributed by atoms with Crippen LogP contribution in [0.1, 0.15) is 13.8 Å². The Hall–Kier alpha value is -2.25. The van der Waals surface area contributed by atoms with E-state index in [9.17, 15) is 4.79 Å². The van der Waals surface area contributed by atoms with Crippen molar-refractivity contribution in [2.24, 2.45) is 16.0 Å². The number of hydrogen-bond donors (Lipinski definition) is 0. The first-order chi connectivity index (χ1) is 12.6. The lowest BCUT2D eigenvalue weighted by atomic mass is 9.99. The number of anilines is 1. The largest absolute Gasteiger partial charge is 0.497 e. The van der Waals surface area contributed by atoms with Crippen LogP contribution < -0.4 is 9.75 Å². The summed E-state index contributed by atoms with van der Waals surface area (Å²) in [6.07, 6.45) is 0. The number of nitrogens with zero attached hydrogens (tertiary/aromatic N) is 4. The van der Waals surface area contributed by atoms with Crippen molar-refractivity contribution >= 4 is 23.0 Å². The Morgan fingerprint density at radius 2 is 2.00 bits per heavy atom. The first-order valence-corrected chi connectivity index (χ1v) is 8.94. The van der Waals surface area contributed by atoms with Gasteiger partial charge in [0, 0.05) is 25.3 Å². The summed E-state index contributed by atoms with van der Waals surface area (Å²) < 4.78 is 10.5. The molecule has 140 valence electrons. The van der Waals surface area contributed by atoms with E-state index in [0.29, 0.717) is 6.54 Å². The number of carbonyl (C=O) groups is 1. The van der Waals surface area contributed by atoms with Gasteiger partial charge < -0.3 is 9.47 Å². The molecular weight excluding hydrogens is 332 g/mol. The highest BCUT2D eigenvalue weighted by Gasteiger charge is 2.36. The molecule has 2 aliphatic heterocycles. The molecule has 0 unspecified atom stereocenters. The molecule has 26 heavy (non-hydrogen) atoms. The number of hydrazone groups is 1. The fourth-order valence-electron chi connectivity index (χ4n) is 3.24. The molecule has 0 saturated carbocycles. The monoisotopic (exact) mass is 358 g/mol. The molecule has 0 aliphatic carbocycles. The molecule has 1 aromatic carbocycles. The predicted octanol–water partition coefficient (Wildman–Crippen LogP) is 1.83. The van der Waals surface area contributed by atoms with Gasteiger partial charge in [0.1, 0.15) is 11.7 Å². The second kappa shape index (κ2) is 8.42. The summed E-state index contributed by atoms with van der Waals surface area (Å²) >= 11 is 0. The van der Waals surface area contributed by atoms with Gasteiger partial charge in [-0.25, -0.2) is 0 Å². The molecule has 1 atom stereocenters. The highest BCUT2D eigenvalue weighted by Crippen LogP contribution is 2.26. The third-order valence-corrected chi connectivity index (χ3v) is 4.75. The summed E-state index contributed by atoms with van der Waals surface area (Å²) in [5, 5.41) is 5.91. The Balaban J connectivity index is 1.63. The molecule has 0 N–H and O–H groups in total. The first kappa shape index (κ1) is 18.5. The Labute approximate surface area is 154 Å². The van der Waals surface area contributed by atoms with Gasteiger partial charge in [-0.3, -0.25) is 14.7 Å². The maximum atomic E-state index is 12.8. The van der Waals surface area contributed by atoms with Crippen molar-refractivity contribution in [1.29, 1.82) is 0 Å². The number of ether oxygens (including phenoxy) is 2. The lowest BCUT2D eigenvalue weighted by molar-refractivity contribution is -0.118. The minimum atomic E-state index is -0.373. The molecule has 0 spiro atoms. The second-order valence-electron chi connectivity index (χ2n) is 6.50. The summed E-state index contributed by atoms with van der Waals surface area (Å²) in [4.78, 5) is 19.8. The average molecular weight is 358 g/mol. The number of morpholine rings is 1. The molecule has 1 fully saturated rings. The van der Waals surface area contributed by atoms with Crippen molar-refractivity contribution in [3.8, 4) is 5.75 Å². The topological polar surface area (TPSA) is 66.7 Å². The fourth-order valence-corrected chi connectivity index (χ4v) is 3.24. The molecule has 1 amide bonds. The summed E-state index contributed by atoms with van der Waals surface area (Å²) in [5.41, 5.74) is 2.33. The molecular formula is C19H26N4O3. The third-order valence-electron chi connectivity index (χ3n) is 4.75. The SMILES string of the molecule is COc1ccc(N2N=C(C)[C@@H](C(C)=NCCN3CCOCC3)C2=O)cc1. The molecule has 2 heterocycles. The van der Waals surface area contributed by atoms with Gasteiger partial charge in [-0.05, 0) is 38.1 Å². The lowest BCUT2D eigenvalue weighted by Crippen LogP contribution is -2.38. The zero-order valence-corrected chi connectivity index (χ0v) is 15.6.